The van der Waals surface area contributed by atoms with Crippen LogP contribution in [0, 0.1) is 24.2 Å². The summed E-state index contributed by atoms with van der Waals surface area (Å²) in [4.78, 5) is 12.4. The summed E-state index contributed by atoms with van der Waals surface area (Å²) in [5.41, 5.74) is 8.44. The van der Waals surface area contributed by atoms with Gasteiger partial charge in [0.25, 0.3) is 0 Å². The molecular formula is C30H34F3N7. The Morgan fingerprint density at radius 2 is 1.75 bits per heavy atom. The van der Waals surface area contributed by atoms with Crippen molar-refractivity contribution in [3.63, 3.8) is 0 Å². The second-order valence-corrected chi connectivity index (χ2v) is 10.4. The first-order valence-electron chi connectivity index (χ1n) is 13.1. The lowest BCUT2D eigenvalue weighted by atomic mass is 9.95. The quantitative estimate of drug-likeness (QED) is 0.295. The van der Waals surface area contributed by atoms with E-state index < -0.39 is 11.7 Å². The van der Waals surface area contributed by atoms with Gasteiger partial charge in [-0.1, -0.05) is 30.2 Å². The van der Waals surface area contributed by atoms with E-state index in [9.17, 15) is 13.2 Å². The summed E-state index contributed by atoms with van der Waals surface area (Å²) in [6.07, 6.45) is -3.15. The van der Waals surface area contributed by atoms with Gasteiger partial charge in [0.15, 0.2) is 0 Å². The Kier molecular flexibility index (Phi) is 8.76. The number of aromatic nitrogens is 2. The predicted octanol–water partition coefficient (Wildman–Crippen LogP) is 5.04. The fourth-order valence-corrected chi connectivity index (χ4v) is 4.56. The molecule has 4 rings (SSSR count). The zero-order valence-electron chi connectivity index (χ0n) is 23.2. The molecule has 40 heavy (non-hydrogen) atoms. The van der Waals surface area contributed by atoms with E-state index in [1.54, 1.807) is 24.3 Å². The molecule has 1 aliphatic rings. The van der Waals surface area contributed by atoms with Crippen molar-refractivity contribution in [3.05, 3.63) is 70.5 Å². The topological polar surface area (TPSA) is 94.2 Å². The number of rotatable bonds is 6. The first kappa shape index (κ1) is 29.1. The van der Waals surface area contributed by atoms with E-state index in [4.69, 9.17) is 11.1 Å². The fraction of sp³-hybridized carbons (Fsp3) is 0.367. The molecule has 10 heteroatoms. The molecule has 0 radical (unpaired) electrons. The van der Waals surface area contributed by atoms with E-state index in [1.165, 1.54) is 12.4 Å². The number of anilines is 2. The number of alkyl halides is 3. The van der Waals surface area contributed by atoms with E-state index in [0.717, 1.165) is 31.7 Å². The van der Waals surface area contributed by atoms with E-state index in [0.29, 0.717) is 28.1 Å². The molecule has 0 amide bonds. The molecule has 3 aromatic rings. The molecule has 0 saturated carbocycles. The molecule has 1 aromatic heterocycles. The SMILES string of the molecule is Cc1ccc(-c2ccc(CN3CCN(C)CC3)c(C(F)(F)F)c2)cc1C#CC(=N)c1c(N)ncnc1NC(C)C. The maximum Gasteiger partial charge on any atom is 0.416 e. The van der Waals surface area contributed by atoms with Crippen molar-refractivity contribution in [2.24, 2.45) is 0 Å². The average Bonchev–Trinajstić information content (AvgIpc) is 2.89. The minimum atomic E-state index is -4.47. The summed E-state index contributed by atoms with van der Waals surface area (Å²) in [5, 5.41) is 11.7. The minimum absolute atomic E-state index is 0.0568. The Morgan fingerprint density at radius 1 is 1.07 bits per heavy atom. The number of benzene rings is 2. The molecule has 0 atom stereocenters. The van der Waals surface area contributed by atoms with E-state index in [-0.39, 0.29) is 29.7 Å². The molecule has 4 N–H and O–H groups in total. The van der Waals surface area contributed by atoms with Crippen LogP contribution >= 0.6 is 0 Å². The van der Waals surface area contributed by atoms with E-state index in [1.807, 2.05) is 33.9 Å². The smallest absolute Gasteiger partial charge is 0.383 e. The maximum atomic E-state index is 14.1. The maximum absolute atomic E-state index is 14.1. The van der Waals surface area contributed by atoms with Crippen molar-refractivity contribution >= 4 is 17.3 Å². The first-order valence-corrected chi connectivity index (χ1v) is 13.1. The molecule has 1 saturated heterocycles. The zero-order chi connectivity index (χ0) is 29.0. The van der Waals surface area contributed by atoms with Gasteiger partial charge in [0.2, 0.25) is 0 Å². The van der Waals surface area contributed by atoms with Gasteiger partial charge in [-0.3, -0.25) is 10.3 Å². The molecule has 2 heterocycles. The minimum Gasteiger partial charge on any atom is -0.383 e. The average molecular weight is 550 g/mol. The summed E-state index contributed by atoms with van der Waals surface area (Å²) < 4.78 is 42.4. The van der Waals surface area contributed by atoms with Crippen LogP contribution < -0.4 is 11.1 Å². The number of likely N-dealkylation sites (N-methyl/N-ethyl adjacent to an activating group) is 1. The lowest BCUT2D eigenvalue weighted by Crippen LogP contribution is -2.44. The van der Waals surface area contributed by atoms with Crippen molar-refractivity contribution in [1.29, 1.82) is 5.41 Å². The van der Waals surface area contributed by atoms with Gasteiger partial charge in [0.05, 0.1) is 11.1 Å². The number of nitrogens with one attached hydrogen (secondary N) is 2. The van der Waals surface area contributed by atoms with Gasteiger partial charge in [-0.05, 0) is 68.1 Å². The standard InChI is InChI=1S/C30H34F3N7/c1-19(2)38-29-27(28(35)36-18-37-29)26(34)10-9-21-15-22(6-5-20(21)3)23-7-8-24(25(16-23)30(31,32)33)17-40-13-11-39(4)12-14-40/h5-8,15-16,18-19,34H,11-14,17H2,1-4H3,(H3,35,36,37,38). The van der Waals surface area contributed by atoms with Crippen LogP contribution in [0.2, 0.25) is 0 Å². The Hall–Kier alpha value is -3.94. The number of nitrogen functional groups attached to an aromatic ring is 1. The number of halogens is 3. The van der Waals surface area contributed by atoms with Gasteiger partial charge in [-0.2, -0.15) is 13.2 Å². The number of nitrogens with zero attached hydrogens (tertiary/aromatic N) is 4. The van der Waals surface area contributed by atoms with Gasteiger partial charge in [0.1, 0.15) is 23.7 Å². The molecule has 0 bridgehead atoms. The Morgan fingerprint density at radius 3 is 2.42 bits per heavy atom. The van der Waals surface area contributed by atoms with Crippen LogP contribution in [0.3, 0.4) is 0 Å². The van der Waals surface area contributed by atoms with Crippen LogP contribution in [0.1, 0.15) is 41.7 Å². The van der Waals surface area contributed by atoms with Crippen LogP contribution in [-0.2, 0) is 12.7 Å². The highest BCUT2D eigenvalue weighted by atomic mass is 19.4. The molecule has 0 spiro atoms. The second kappa shape index (κ2) is 12.1. The van der Waals surface area contributed by atoms with Gasteiger partial charge in [0, 0.05) is 44.3 Å². The van der Waals surface area contributed by atoms with Gasteiger partial charge < -0.3 is 16.0 Å². The molecule has 1 fully saturated rings. The number of piperazine rings is 1. The lowest BCUT2D eigenvalue weighted by Gasteiger charge is -2.33. The van der Waals surface area contributed by atoms with Gasteiger partial charge in [-0.15, -0.1) is 0 Å². The van der Waals surface area contributed by atoms with Crippen LogP contribution in [-0.4, -0.2) is 64.7 Å². The third-order valence-electron chi connectivity index (χ3n) is 6.85. The van der Waals surface area contributed by atoms with Crippen molar-refractivity contribution in [2.45, 2.75) is 39.5 Å². The predicted molar refractivity (Wildman–Crippen MR) is 153 cm³/mol. The van der Waals surface area contributed by atoms with Crippen LogP contribution in [0.4, 0.5) is 24.8 Å². The Bertz CT molecular complexity index is 1450. The summed E-state index contributed by atoms with van der Waals surface area (Å²) in [7, 11) is 2.02. The van der Waals surface area contributed by atoms with E-state index >= 15 is 0 Å². The summed E-state index contributed by atoms with van der Waals surface area (Å²) >= 11 is 0. The third kappa shape index (κ3) is 6.97. The Labute approximate surface area is 233 Å². The molecule has 0 aliphatic carbocycles. The molecule has 7 nitrogen and oxygen atoms in total. The normalized spacial score (nSPS) is 14.6. The van der Waals surface area contributed by atoms with E-state index in [2.05, 4.69) is 36.9 Å². The highest BCUT2D eigenvalue weighted by molar-refractivity contribution is 6.16. The second-order valence-electron chi connectivity index (χ2n) is 10.4. The number of hydrogen-bond acceptors (Lipinski definition) is 7. The number of hydrogen-bond donors (Lipinski definition) is 3. The number of aryl methyl sites for hydroxylation is 1. The van der Waals surface area contributed by atoms with Crippen molar-refractivity contribution in [3.8, 4) is 23.0 Å². The monoisotopic (exact) mass is 549 g/mol. The van der Waals surface area contributed by atoms with Crippen molar-refractivity contribution < 1.29 is 13.2 Å². The molecule has 2 aromatic carbocycles. The number of nitrogens with two attached hydrogens (primary N) is 1. The van der Waals surface area contributed by atoms with Crippen LogP contribution in [0.25, 0.3) is 11.1 Å². The molecule has 0 unspecified atom stereocenters. The summed E-state index contributed by atoms with van der Waals surface area (Å²) in [6.45, 7) is 9.15. The first-order chi connectivity index (χ1) is 18.9. The van der Waals surface area contributed by atoms with Crippen molar-refractivity contribution in [1.82, 2.24) is 19.8 Å². The molecular weight excluding hydrogens is 515 g/mol. The zero-order valence-corrected chi connectivity index (χ0v) is 23.2. The molecule has 1 aliphatic heterocycles. The van der Waals surface area contributed by atoms with Gasteiger partial charge >= 0.3 is 6.18 Å². The summed E-state index contributed by atoms with van der Waals surface area (Å²) in [6, 6.07) is 9.96. The van der Waals surface area contributed by atoms with Crippen molar-refractivity contribution in [2.75, 3.05) is 44.3 Å². The van der Waals surface area contributed by atoms with Crippen LogP contribution in [0.15, 0.2) is 42.7 Å². The summed E-state index contributed by atoms with van der Waals surface area (Å²) in [5.74, 6) is 6.38. The highest BCUT2D eigenvalue weighted by Gasteiger charge is 2.34. The third-order valence-corrected chi connectivity index (χ3v) is 6.85. The highest BCUT2D eigenvalue weighted by Crippen LogP contribution is 2.36. The fourth-order valence-electron chi connectivity index (χ4n) is 4.56. The largest absolute Gasteiger partial charge is 0.416 e. The molecule has 210 valence electrons. The van der Waals surface area contributed by atoms with Crippen LogP contribution in [0.5, 0.6) is 0 Å². The van der Waals surface area contributed by atoms with Gasteiger partial charge in [-0.25, -0.2) is 9.97 Å². The Balaban J connectivity index is 1.64. The lowest BCUT2D eigenvalue weighted by molar-refractivity contribution is -0.138.